The van der Waals surface area contributed by atoms with Gasteiger partial charge in [0.1, 0.15) is 11.6 Å². The predicted octanol–water partition coefficient (Wildman–Crippen LogP) is 1.99. The SMILES string of the molecule is C=CC(C)C(=O)CC(=O)C(C)C. The molecule has 0 saturated heterocycles. The van der Waals surface area contributed by atoms with E-state index in [4.69, 9.17) is 0 Å². The van der Waals surface area contributed by atoms with Gasteiger partial charge in [0.15, 0.2) is 0 Å². The highest BCUT2D eigenvalue weighted by molar-refractivity contribution is 6.01. The summed E-state index contributed by atoms with van der Waals surface area (Å²) in [5.74, 6) is -0.281. The molecule has 0 amide bonds. The van der Waals surface area contributed by atoms with Gasteiger partial charge in [0.2, 0.25) is 0 Å². The lowest BCUT2D eigenvalue weighted by Crippen LogP contribution is -2.17. The molecule has 0 spiro atoms. The van der Waals surface area contributed by atoms with Crippen molar-refractivity contribution in [2.45, 2.75) is 27.2 Å². The van der Waals surface area contributed by atoms with Crippen LogP contribution in [-0.2, 0) is 9.59 Å². The number of allylic oxidation sites excluding steroid dienone is 1. The van der Waals surface area contributed by atoms with Crippen molar-refractivity contribution < 1.29 is 9.59 Å². The largest absolute Gasteiger partial charge is 0.299 e. The molecule has 0 N–H and O–H groups in total. The lowest BCUT2D eigenvalue weighted by molar-refractivity contribution is -0.129. The zero-order chi connectivity index (χ0) is 9.72. The number of hydrogen-bond acceptors (Lipinski definition) is 2. The molecule has 0 aliphatic rings. The van der Waals surface area contributed by atoms with E-state index in [0.717, 1.165) is 0 Å². The number of hydrogen-bond donors (Lipinski definition) is 0. The van der Waals surface area contributed by atoms with Gasteiger partial charge in [-0.1, -0.05) is 26.8 Å². The average Bonchev–Trinajstić information content (AvgIpc) is 2.02. The summed E-state index contributed by atoms with van der Waals surface area (Å²) in [5.41, 5.74) is 0. The van der Waals surface area contributed by atoms with E-state index in [2.05, 4.69) is 6.58 Å². The summed E-state index contributed by atoms with van der Waals surface area (Å²) < 4.78 is 0. The van der Waals surface area contributed by atoms with Gasteiger partial charge in [0, 0.05) is 11.8 Å². The van der Waals surface area contributed by atoms with Crippen LogP contribution in [0.15, 0.2) is 12.7 Å². The fourth-order valence-electron chi connectivity index (χ4n) is 0.668. The molecule has 0 aliphatic carbocycles. The number of Topliss-reactive ketones (excluding diaryl/α,β-unsaturated/α-hetero) is 2. The van der Waals surface area contributed by atoms with Gasteiger partial charge in [-0.2, -0.15) is 0 Å². The van der Waals surface area contributed by atoms with Crippen molar-refractivity contribution in [2.75, 3.05) is 0 Å². The Morgan fingerprint density at radius 1 is 1.25 bits per heavy atom. The summed E-state index contributed by atoms with van der Waals surface area (Å²) in [5, 5.41) is 0. The molecule has 12 heavy (non-hydrogen) atoms. The second-order valence-corrected chi connectivity index (χ2v) is 3.29. The van der Waals surface area contributed by atoms with Gasteiger partial charge in [-0.15, -0.1) is 6.58 Å². The molecule has 0 radical (unpaired) electrons. The first-order valence-corrected chi connectivity index (χ1v) is 4.17. The Bertz CT molecular complexity index is 192. The smallest absolute Gasteiger partial charge is 0.146 e. The third-order valence-electron chi connectivity index (χ3n) is 1.85. The minimum atomic E-state index is -0.201. The Labute approximate surface area is 73.7 Å². The quantitative estimate of drug-likeness (QED) is 0.464. The topological polar surface area (TPSA) is 34.1 Å². The first-order chi connectivity index (χ1) is 5.49. The van der Waals surface area contributed by atoms with Crippen molar-refractivity contribution in [1.29, 1.82) is 0 Å². The molecule has 0 aliphatic heterocycles. The second-order valence-electron chi connectivity index (χ2n) is 3.29. The van der Waals surface area contributed by atoms with Crippen LogP contribution in [0.1, 0.15) is 27.2 Å². The van der Waals surface area contributed by atoms with Crippen molar-refractivity contribution in [3.8, 4) is 0 Å². The van der Waals surface area contributed by atoms with Gasteiger partial charge in [0.25, 0.3) is 0 Å². The fraction of sp³-hybridized carbons (Fsp3) is 0.600. The van der Waals surface area contributed by atoms with E-state index in [1.54, 1.807) is 26.8 Å². The lowest BCUT2D eigenvalue weighted by Gasteiger charge is -2.05. The van der Waals surface area contributed by atoms with Crippen LogP contribution in [0.2, 0.25) is 0 Å². The maximum atomic E-state index is 11.2. The zero-order valence-corrected chi connectivity index (χ0v) is 7.96. The summed E-state index contributed by atoms with van der Waals surface area (Å²) in [4.78, 5) is 22.3. The third-order valence-corrected chi connectivity index (χ3v) is 1.85. The minimum Gasteiger partial charge on any atom is -0.299 e. The Kier molecular flexibility index (Phi) is 4.49. The number of carbonyl (C=O) groups is 2. The summed E-state index contributed by atoms with van der Waals surface area (Å²) in [6.45, 7) is 8.85. The molecular formula is C10H16O2. The van der Waals surface area contributed by atoms with E-state index in [9.17, 15) is 9.59 Å². The van der Waals surface area contributed by atoms with Gasteiger partial charge in [-0.3, -0.25) is 9.59 Å². The molecule has 2 heteroatoms. The van der Waals surface area contributed by atoms with Crippen LogP contribution in [0, 0.1) is 11.8 Å². The van der Waals surface area contributed by atoms with Crippen LogP contribution in [0.3, 0.4) is 0 Å². The second kappa shape index (κ2) is 4.86. The van der Waals surface area contributed by atoms with Crippen molar-refractivity contribution in [3.05, 3.63) is 12.7 Å². The molecule has 0 aromatic carbocycles. The van der Waals surface area contributed by atoms with E-state index in [1.165, 1.54) is 0 Å². The molecule has 0 saturated carbocycles. The van der Waals surface area contributed by atoms with Gasteiger partial charge in [-0.05, 0) is 0 Å². The Hall–Kier alpha value is -0.920. The molecular weight excluding hydrogens is 152 g/mol. The Morgan fingerprint density at radius 3 is 2.08 bits per heavy atom. The first kappa shape index (κ1) is 11.1. The average molecular weight is 168 g/mol. The zero-order valence-electron chi connectivity index (χ0n) is 7.96. The Morgan fingerprint density at radius 2 is 1.75 bits per heavy atom. The minimum absolute atomic E-state index is 0.00806. The van der Waals surface area contributed by atoms with Gasteiger partial charge >= 0.3 is 0 Å². The van der Waals surface area contributed by atoms with E-state index < -0.39 is 0 Å². The molecule has 0 heterocycles. The van der Waals surface area contributed by atoms with Gasteiger partial charge in [-0.25, -0.2) is 0 Å². The number of carbonyl (C=O) groups excluding carboxylic acids is 2. The van der Waals surface area contributed by atoms with Crippen molar-refractivity contribution in [3.63, 3.8) is 0 Å². The molecule has 0 bridgehead atoms. The molecule has 1 atom stereocenters. The normalized spacial score (nSPS) is 12.7. The van der Waals surface area contributed by atoms with Crippen molar-refractivity contribution >= 4 is 11.6 Å². The highest BCUT2D eigenvalue weighted by Gasteiger charge is 2.15. The maximum absolute atomic E-state index is 11.2. The Balaban J connectivity index is 4.01. The van der Waals surface area contributed by atoms with E-state index >= 15 is 0 Å². The van der Waals surface area contributed by atoms with Crippen LogP contribution in [-0.4, -0.2) is 11.6 Å². The molecule has 2 nitrogen and oxygen atoms in total. The van der Waals surface area contributed by atoms with Crippen molar-refractivity contribution in [2.24, 2.45) is 11.8 Å². The monoisotopic (exact) mass is 168 g/mol. The third kappa shape index (κ3) is 3.46. The summed E-state index contributed by atoms with van der Waals surface area (Å²) in [6, 6.07) is 0. The highest BCUT2D eigenvalue weighted by atomic mass is 16.1. The van der Waals surface area contributed by atoms with Gasteiger partial charge < -0.3 is 0 Å². The molecule has 68 valence electrons. The highest BCUT2D eigenvalue weighted by Crippen LogP contribution is 2.06. The van der Waals surface area contributed by atoms with Crippen LogP contribution in [0.5, 0.6) is 0 Å². The molecule has 1 unspecified atom stereocenters. The number of ketones is 2. The van der Waals surface area contributed by atoms with E-state index in [1.807, 2.05) is 0 Å². The maximum Gasteiger partial charge on any atom is 0.146 e. The summed E-state index contributed by atoms with van der Waals surface area (Å²) >= 11 is 0. The number of rotatable bonds is 5. The summed E-state index contributed by atoms with van der Waals surface area (Å²) in [6.07, 6.45) is 1.61. The molecule has 0 fully saturated rings. The molecule has 0 rings (SSSR count). The first-order valence-electron chi connectivity index (χ1n) is 4.17. The van der Waals surface area contributed by atoms with E-state index in [-0.39, 0.29) is 29.8 Å². The molecule has 0 aromatic heterocycles. The standard InChI is InChI=1S/C10H16O2/c1-5-8(4)10(12)6-9(11)7(2)3/h5,7-8H,1,6H2,2-4H3. The van der Waals surface area contributed by atoms with Gasteiger partial charge in [0.05, 0.1) is 6.42 Å². The summed E-state index contributed by atoms with van der Waals surface area (Å²) in [7, 11) is 0. The fourth-order valence-corrected chi connectivity index (χ4v) is 0.668. The molecule has 0 aromatic rings. The van der Waals surface area contributed by atoms with Crippen LogP contribution in [0.4, 0.5) is 0 Å². The van der Waals surface area contributed by atoms with E-state index in [0.29, 0.717) is 0 Å². The van der Waals surface area contributed by atoms with Crippen LogP contribution >= 0.6 is 0 Å². The predicted molar refractivity (Wildman–Crippen MR) is 48.8 cm³/mol. The van der Waals surface area contributed by atoms with Crippen LogP contribution in [0.25, 0.3) is 0 Å². The lowest BCUT2D eigenvalue weighted by atomic mass is 9.97. The van der Waals surface area contributed by atoms with Crippen molar-refractivity contribution in [1.82, 2.24) is 0 Å². The van der Waals surface area contributed by atoms with Crippen LogP contribution < -0.4 is 0 Å².